The quantitative estimate of drug-likeness (QED) is 0.0117. The van der Waals surface area contributed by atoms with Crippen LogP contribution in [0.1, 0.15) is 0 Å². The van der Waals surface area contributed by atoms with Gasteiger partial charge in [0.15, 0.2) is 0 Å². The molecular formula is C71H126N44. The Morgan fingerprint density at radius 1 is 0.287 bits per heavy atom. The van der Waals surface area contributed by atoms with Gasteiger partial charge in [-0.05, 0) is 0 Å². The van der Waals surface area contributed by atoms with Gasteiger partial charge in [0.25, 0.3) is 46.7 Å². The zero-order valence-electron chi connectivity index (χ0n) is 67.2. The zero-order chi connectivity index (χ0) is 87.1. The summed E-state index contributed by atoms with van der Waals surface area (Å²) in [5, 5.41) is 139. The Labute approximate surface area is 686 Å². The minimum Gasteiger partial charge on any atom is -0.329 e. The Kier molecular flexibility index (Phi) is 124. The van der Waals surface area contributed by atoms with Crippen molar-refractivity contribution in [2.45, 2.75) is 0 Å². The Morgan fingerprint density at radius 2 is 0.583 bits per heavy atom. The normalized spacial score (nSPS) is 12.0. The maximum absolute atomic E-state index is 8.61. The Bertz CT molecular complexity index is 2860. The van der Waals surface area contributed by atoms with E-state index in [1.807, 2.05) is 53.5 Å². The summed E-state index contributed by atoms with van der Waals surface area (Å²) >= 11 is 0. The number of hydrogen-bond acceptors (Lipinski definition) is 37. The monoisotopic (exact) mass is 1600 g/mol. The molecule has 3 aliphatic rings. The zero-order valence-corrected chi connectivity index (χ0v) is 67.2. The highest BCUT2D eigenvalue weighted by Crippen LogP contribution is 2.01. The first kappa shape index (κ1) is 120. The second kappa shape index (κ2) is 119. The summed E-state index contributed by atoms with van der Waals surface area (Å²) in [6, 6.07) is 23.3. The van der Waals surface area contributed by atoms with Gasteiger partial charge >= 0.3 is 0 Å². The van der Waals surface area contributed by atoms with Crippen molar-refractivity contribution in [2.75, 3.05) is 341 Å². The average molecular weight is 1600 g/mol. The number of nitrogens with two attached hydrogens (primary N) is 4. The van der Waals surface area contributed by atoms with Crippen LogP contribution in [0.5, 0.6) is 0 Å². The highest BCUT2D eigenvalue weighted by atomic mass is 15.3. The Morgan fingerprint density at radius 3 is 0.913 bits per heavy atom. The molecule has 44 nitrogen and oxygen atoms in total. The fourth-order valence-electron chi connectivity index (χ4n) is 8.03. The molecule has 0 aliphatic carbocycles. The van der Waals surface area contributed by atoms with Crippen molar-refractivity contribution in [3.63, 3.8) is 0 Å². The molecule has 0 saturated carbocycles. The van der Waals surface area contributed by atoms with Gasteiger partial charge in [0.1, 0.15) is 0 Å². The van der Waals surface area contributed by atoms with Gasteiger partial charge in [-0.15, -0.1) is 0 Å². The molecule has 0 spiro atoms. The van der Waals surface area contributed by atoms with Crippen molar-refractivity contribution >= 4 is 0 Å². The van der Waals surface area contributed by atoms with E-state index in [2.05, 4.69) is 157 Å². The molecule has 0 aromatic carbocycles. The Balaban J connectivity index is -0.000000185. The van der Waals surface area contributed by atoms with Crippen molar-refractivity contribution in [1.82, 2.24) is 109 Å². The lowest BCUT2D eigenvalue weighted by atomic mass is 10.3. The van der Waals surface area contributed by atoms with Gasteiger partial charge in [-0.2, -0.15) is 63.1 Å². The molecule has 0 radical (unpaired) electrons. The SMILES string of the molecule is N#CCN.N#CCNCCN1CCNCC1.N#CCNCCNCCN.N#CCNCN.[C-]#[N+]CN(CC#N)CC#N.[C-]#[N+]CN1CCN(CCN)CC1.[C-]#[N+]CN1CCN(CCNCC#N)CC1.[C-]#[N+]CNCC#N.[C-]#[N+]CNCCN(CC#N)CCNCC#N.[C-]#[N+]CNCCNCC#N.[C-]#[N+]CNCCNCCNCC#N. The van der Waals surface area contributed by atoms with E-state index in [0.29, 0.717) is 112 Å². The number of nitrogens with zero attached hydrogens (tertiary/aromatic N) is 26. The minimum absolute atomic E-state index is 0.125. The molecule has 0 unspecified atom stereocenters. The molecule has 3 heterocycles. The molecule has 0 bridgehead atoms. The highest BCUT2D eigenvalue weighted by Gasteiger charge is 2.18. The van der Waals surface area contributed by atoms with Crippen LogP contribution in [0.15, 0.2) is 0 Å². The maximum atomic E-state index is 8.61. The van der Waals surface area contributed by atoms with Gasteiger partial charge in [-0.25, -0.2) is 82.0 Å². The van der Waals surface area contributed by atoms with E-state index in [1.165, 1.54) is 4.90 Å². The van der Waals surface area contributed by atoms with Crippen molar-refractivity contribution in [2.24, 2.45) is 22.9 Å². The minimum atomic E-state index is 0.125. The second-order valence-corrected chi connectivity index (χ2v) is 22.2. The summed E-state index contributed by atoms with van der Waals surface area (Å²) in [4.78, 5) is 37.1. The predicted octanol–water partition coefficient (Wildman–Crippen LogP) is -6.53. The van der Waals surface area contributed by atoms with E-state index in [1.54, 1.807) is 6.07 Å². The van der Waals surface area contributed by atoms with Crippen LogP contribution in [0.3, 0.4) is 0 Å². The summed E-state index contributed by atoms with van der Waals surface area (Å²) in [6.45, 7) is 81.5. The number of rotatable bonds is 47. The van der Waals surface area contributed by atoms with Crippen LogP contribution in [0, 0.1) is 182 Å². The van der Waals surface area contributed by atoms with Gasteiger partial charge in [0.2, 0.25) is 0 Å². The highest BCUT2D eigenvalue weighted by molar-refractivity contribution is 4.86. The third-order valence-corrected chi connectivity index (χ3v) is 13.6. The van der Waals surface area contributed by atoms with Crippen LogP contribution >= 0.6 is 0 Å². The van der Waals surface area contributed by atoms with Gasteiger partial charge in [-0.1, -0.05) is 0 Å². The predicted molar refractivity (Wildman–Crippen MR) is 440 cm³/mol. The van der Waals surface area contributed by atoms with Gasteiger partial charge in [0.05, 0.1) is 151 Å². The van der Waals surface area contributed by atoms with Crippen LogP contribution in [-0.2, 0) is 0 Å². The van der Waals surface area contributed by atoms with Crippen molar-refractivity contribution in [3.8, 4) is 72.8 Å². The summed E-state index contributed by atoms with van der Waals surface area (Å²) in [7, 11) is 0. The first-order valence-corrected chi connectivity index (χ1v) is 36.9. The fourth-order valence-corrected chi connectivity index (χ4v) is 8.03. The van der Waals surface area contributed by atoms with E-state index in [9.17, 15) is 0 Å². The lowest BCUT2D eigenvalue weighted by Crippen LogP contribution is -2.47. The molecule has 630 valence electrons. The van der Waals surface area contributed by atoms with Crippen LogP contribution < -0.4 is 97.4 Å². The summed E-state index contributed by atoms with van der Waals surface area (Å²) in [5.74, 6) is 0. The van der Waals surface area contributed by atoms with Gasteiger partial charge in [-0.3, -0.25) is 58.8 Å². The fraction of sp³-hybridized carbons (Fsp3) is 0.732. The molecule has 0 amide bonds. The Hall–Kier alpha value is -10.7. The number of nitrogens with one attached hydrogen (secondary N) is 14. The van der Waals surface area contributed by atoms with Crippen molar-refractivity contribution in [1.29, 1.82) is 63.1 Å². The molecular weight excluding hydrogens is 1470 g/mol. The average Bonchev–Trinajstić information content (AvgIpc) is 0.929. The van der Waals surface area contributed by atoms with E-state index < -0.39 is 0 Å². The molecule has 3 saturated heterocycles. The van der Waals surface area contributed by atoms with Gasteiger partial charge in [0, 0.05) is 216 Å². The molecule has 3 aliphatic heterocycles. The number of piperazine rings is 3. The molecule has 3 rings (SSSR count). The van der Waals surface area contributed by atoms with Crippen LogP contribution in [-0.4, -0.2) is 376 Å². The van der Waals surface area contributed by atoms with Crippen LogP contribution in [0.25, 0.3) is 33.9 Å². The lowest BCUT2D eigenvalue weighted by molar-refractivity contribution is 0.143. The molecule has 44 heteroatoms. The molecule has 0 atom stereocenters. The maximum Gasteiger partial charge on any atom is 0.272 e. The van der Waals surface area contributed by atoms with Gasteiger partial charge < -0.3 is 70.8 Å². The lowest BCUT2D eigenvalue weighted by Gasteiger charge is -2.31. The standard InChI is InChI=1S/C10H16N6.C10H17N5.C8H15N5.2C8H16N4.C6H6N4.C6H10N4.C6H14N4.C4H5N3.C3H7N3.C2H4N2/c1-13-10-15-6-9-16(7-3-12)8-5-14-4-2-11;1-12-10-15-8-6-14(7-9-15)5-4-13-3-2-11;1-10-8-13-7-6-12-5-4-11-3-2-9;1-10-8-12-6-4-11(3-2-9)5-7-12;9-1-2-10-3-6-12-7-4-11-5-8-12;1-9-6-10(4-2-7)5-3-8;1-8-6-10-5-4-9-3-2-7;7-1-3-9-5-6-10-4-2-8;1-6-4-7-3-2-5;4-1-2-6-3-5;3-1-2-4/h14-15H,4-10H2;13H,3-10H2;11-13H,3-8H2;2-9H2;10-11H,2-8H2;4-6H2;9-10H,3-6H2;9-10H,1,3-7H2;7H,3-4H2;6H,2-3,5H2;1,3H2. The third-order valence-electron chi connectivity index (χ3n) is 13.6. The van der Waals surface area contributed by atoms with Crippen LogP contribution in [0.4, 0.5) is 0 Å². The summed E-state index contributed by atoms with van der Waals surface area (Å²) in [6.07, 6.45) is 0. The summed E-state index contributed by atoms with van der Waals surface area (Å²) in [5.41, 5.74) is 20.3. The largest absolute Gasteiger partial charge is 0.329 e. The third kappa shape index (κ3) is 119. The number of hydrogen-bond donors (Lipinski definition) is 18. The van der Waals surface area contributed by atoms with Crippen LogP contribution in [0.2, 0.25) is 0 Å². The molecule has 115 heavy (non-hydrogen) atoms. The number of nitriles is 12. The van der Waals surface area contributed by atoms with E-state index in [4.69, 9.17) is 126 Å². The van der Waals surface area contributed by atoms with E-state index in [-0.39, 0.29) is 39.5 Å². The van der Waals surface area contributed by atoms with Crippen molar-refractivity contribution < 1.29 is 0 Å². The second-order valence-electron chi connectivity index (χ2n) is 22.2. The molecule has 0 aromatic rings. The van der Waals surface area contributed by atoms with Crippen molar-refractivity contribution in [3.05, 3.63) is 79.9 Å². The molecule has 22 N–H and O–H groups in total. The summed E-state index contributed by atoms with van der Waals surface area (Å²) < 4.78 is 0. The smallest absolute Gasteiger partial charge is 0.272 e. The first-order valence-electron chi connectivity index (χ1n) is 36.9. The molecule has 3 fully saturated rings. The molecule has 0 aromatic heterocycles. The van der Waals surface area contributed by atoms with E-state index >= 15 is 0 Å². The first-order chi connectivity index (χ1) is 56.3. The van der Waals surface area contributed by atoms with E-state index in [0.717, 1.165) is 190 Å². The topological polar surface area (TPSA) is 611 Å².